The van der Waals surface area contributed by atoms with E-state index in [2.05, 4.69) is 26.0 Å². The number of nitrogens with two attached hydrogens (primary N) is 1. The Bertz CT molecular complexity index is 453. The average Bonchev–Trinajstić information content (AvgIpc) is 2.95. The highest BCUT2D eigenvalue weighted by Crippen LogP contribution is 2.22. The van der Waals surface area contributed by atoms with Crippen molar-refractivity contribution in [2.45, 2.75) is 45.4 Å². The third-order valence-electron chi connectivity index (χ3n) is 3.76. The Morgan fingerprint density at radius 1 is 1.32 bits per heavy atom. The highest BCUT2D eigenvalue weighted by molar-refractivity contribution is 5.85. The first-order chi connectivity index (χ1) is 10.1. The Morgan fingerprint density at radius 2 is 2.00 bits per heavy atom. The number of halogens is 1. The molecule has 0 spiro atoms. The molecule has 1 aromatic carbocycles. The largest absolute Gasteiger partial charge is 0.364 e. The molecule has 0 unspecified atom stereocenters. The molecule has 22 heavy (non-hydrogen) atoms. The van der Waals surface area contributed by atoms with Gasteiger partial charge in [-0.05, 0) is 24.3 Å². The van der Waals surface area contributed by atoms with Gasteiger partial charge >= 0.3 is 0 Å². The SMILES string of the molecule is CC(C)CN(Cc1ccccc1)C(=O)[C@@H]1CC[C@H](CN)O1.Cl. The molecule has 1 aliphatic rings. The molecule has 1 aliphatic heterocycles. The molecule has 1 saturated heterocycles. The van der Waals surface area contributed by atoms with Crippen LogP contribution in [-0.4, -0.2) is 36.1 Å². The van der Waals surface area contributed by atoms with E-state index in [1.807, 2.05) is 23.1 Å². The van der Waals surface area contributed by atoms with Crippen molar-refractivity contribution in [2.75, 3.05) is 13.1 Å². The van der Waals surface area contributed by atoms with Crippen LogP contribution in [0.25, 0.3) is 0 Å². The lowest BCUT2D eigenvalue weighted by Crippen LogP contribution is -2.41. The summed E-state index contributed by atoms with van der Waals surface area (Å²) in [6.45, 7) is 6.14. The zero-order chi connectivity index (χ0) is 15.2. The summed E-state index contributed by atoms with van der Waals surface area (Å²) in [4.78, 5) is 14.6. The number of hydrogen-bond donors (Lipinski definition) is 1. The van der Waals surface area contributed by atoms with Gasteiger partial charge in [0, 0.05) is 19.6 Å². The van der Waals surface area contributed by atoms with Gasteiger partial charge in [0.15, 0.2) is 0 Å². The first-order valence-electron chi connectivity index (χ1n) is 7.78. The summed E-state index contributed by atoms with van der Waals surface area (Å²) in [7, 11) is 0. The van der Waals surface area contributed by atoms with Crippen LogP contribution in [0.4, 0.5) is 0 Å². The molecule has 1 fully saturated rings. The predicted octanol–water partition coefficient (Wildman–Crippen LogP) is 2.60. The summed E-state index contributed by atoms with van der Waals surface area (Å²) in [6.07, 6.45) is 1.38. The van der Waals surface area contributed by atoms with Crippen molar-refractivity contribution in [3.8, 4) is 0 Å². The Balaban J connectivity index is 0.00000242. The molecule has 1 heterocycles. The van der Waals surface area contributed by atoms with E-state index in [0.717, 1.165) is 24.9 Å². The Labute approximate surface area is 139 Å². The highest BCUT2D eigenvalue weighted by atomic mass is 35.5. The van der Waals surface area contributed by atoms with Gasteiger partial charge in [-0.25, -0.2) is 0 Å². The number of carbonyl (C=O) groups is 1. The standard InChI is InChI=1S/C17H26N2O2.ClH/c1-13(2)11-19(12-14-6-4-3-5-7-14)17(20)16-9-8-15(10-18)21-16;/h3-7,13,15-16H,8-12,18H2,1-2H3;1H/t15-,16+;/m1./s1. The second-order valence-corrected chi connectivity index (χ2v) is 6.16. The molecular weight excluding hydrogens is 300 g/mol. The van der Waals surface area contributed by atoms with Gasteiger partial charge in [-0.15, -0.1) is 12.4 Å². The van der Waals surface area contributed by atoms with Crippen LogP contribution < -0.4 is 5.73 Å². The van der Waals surface area contributed by atoms with E-state index in [1.165, 1.54) is 0 Å². The van der Waals surface area contributed by atoms with Crippen LogP contribution in [0.5, 0.6) is 0 Å². The van der Waals surface area contributed by atoms with Crippen molar-refractivity contribution in [3.05, 3.63) is 35.9 Å². The number of hydrogen-bond acceptors (Lipinski definition) is 3. The van der Waals surface area contributed by atoms with Gasteiger partial charge in [0.05, 0.1) is 6.10 Å². The molecule has 0 saturated carbocycles. The molecule has 1 aromatic rings. The van der Waals surface area contributed by atoms with E-state index in [1.54, 1.807) is 0 Å². The molecule has 2 atom stereocenters. The molecule has 0 aromatic heterocycles. The van der Waals surface area contributed by atoms with Crippen molar-refractivity contribution in [1.29, 1.82) is 0 Å². The number of amides is 1. The minimum absolute atomic E-state index is 0. The highest BCUT2D eigenvalue weighted by Gasteiger charge is 2.33. The van der Waals surface area contributed by atoms with Crippen LogP contribution in [0, 0.1) is 5.92 Å². The molecule has 2 rings (SSSR count). The lowest BCUT2D eigenvalue weighted by atomic mass is 10.1. The molecule has 4 nitrogen and oxygen atoms in total. The molecule has 124 valence electrons. The summed E-state index contributed by atoms with van der Waals surface area (Å²) in [5, 5.41) is 0. The normalized spacial score (nSPS) is 20.7. The molecule has 0 aliphatic carbocycles. The minimum atomic E-state index is -0.319. The van der Waals surface area contributed by atoms with Crippen molar-refractivity contribution in [2.24, 2.45) is 11.7 Å². The van der Waals surface area contributed by atoms with Crippen molar-refractivity contribution in [1.82, 2.24) is 4.90 Å². The van der Waals surface area contributed by atoms with Gasteiger partial charge in [-0.1, -0.05) is 44.2 Å². The molecule has 0 radical (unpaired) electrons. The van der Waals surface area contributed by atoms with Crippen LogP contribution in [0.2, 0.25) is 0 Å². The second-order valence-electron chi connectivity index (χ2n) is 6.16. The van der Waals surface area contributed by atoms with Gasteiger partial charge in [0.2, 0.25) is 0 Å². The van der Waals surface area contributed by atoms with E-state index in [4.69, 9.17) is 10.5 Å². The topological polar surface area (TPSA) is 55.6 Å². The molecule has 0 bridgehead atoms. The number of ether oxygens (including phenoxy) is 1. The van der Waals surface area contributed by atoms with Crippen LogP contribution >= 0.6 is 12.4 Å². The quantitative estimate of drug-likeness (QED) is 0.874. The van der Waals surface area contributed by atoms with Crippen LogP contribution in [0.3, 0.4) is 0 Å². The summed E-state index contributed by atoms with van der Waals surface area (Å²) < 4.78 is 5.76. The first kappa shape index (κ1) is 18.9. The minimum Gasteiger partial charge on any atom is -0.364 e. The second kappa shape index (κ2) is 9.13. The van der Waals surface area contributed by atoms with Gasteiger partial charge in [0.1, 0.15) is 6.10 Å². The lowest BCUT2D eigenvalue weighted by Gasteiger charge is -2.27. The first-order valence-corrected chi connectivity index (χ1v) is 7.78. The number of nitrogens with zero attached hydrogens (tertiary/aromatic N) is 1. The average molecular weight is 327 g/mol. The molecule has 2 N–H and O–H groups in total. The monoisotopic (exact) mass is 326 g/mol. The smallest absolute Gasteiger partial charge is 0.252 e. The molecule has 1 amide bonds. The van der Waals surface area contributed by atoms with E-state index >= 15 is 0 Å². The summed E-state index contributed by atoms with van der Waals surface area (Å²) >= 11 is 0. The van der Waals surface area contributed by atoms with Gasteiger partial charge in [-0.2, -0.15) is 0 Å². The van der Waals surface area contributed by atoms with Gasteiger partial charge < -0.3 is 15.4 Å². The Morgan fingerprint density at radius 3 is 2.55 bits per heavy atom. The van der Waals surface area contributed by atoms with Crippen LogP contribution in [0.1, 0.15) is 32.3 Å². The van der Waals surface area contributed by atoms with Crippen LogP contribution in [0.15, 0.2) is 30.3 Å². The van der Waals surface area contributed by atoms with Crippen LogP contribution in [-0.2, 0) is 16.1 Å². The summed E-state index contributed by atoms with van der Waals surface area (Å²) in [5.74, 6) is 0.535. The van der Waals surface area contributed by atoms with E-state index in [-0.39, 0.29) is 30.5 Å². The third-order valence-corrected chi connectivity index (χ3v) is 3.76. The lowest BCUT2D eigenvalue weighted by molar-refractivity contribution is -0.144. The molecular formula is C17H27ClN2O2. The fourth-order valence-electron chi connectivity index (χ4n) is 2.74. The zero-order valence-electron chi connectivity index (χ0n) is 13.4. The van der Waals surface area contributed by atoms with Crippen molar-refractivity contribution >= 4 is 18.3 Å². The Hall–Kier alpha value is -1.10. The summed E-state index contributed by atoms with van der Waals surface area (Å²) in [5.41, 5.74) is 6.78. The predicted molar refractivity (Wildman–Crippen MR) is 90.9 cm³/mol. The number of carbonyl (C=O) groups excluding carboxylic acids is 1. The maximum absolute atomic E-state index is 12.7. The van der Waals surface area contributed by atoms with Gasteiger partial charge in [-0.3, -0.25) is 4.79 Å². The van der Waals surface area contributed by atoms with Crippen molar-refractivity contribution in [3.63, 3.8) is 0 Å². The van der Waals surface area contributed by atoms with E-state index in [0.29, 0.717) is 19.0 Å². The summed E-state index contributed by atoms with van der Waals surface area (Å²) in [6, 6.07) is 10.1. The molecule has 5 heteroatoms. The number of rotatable bonds is 6. The van der Waals surface area contributed by atoms with E-state index in [9.17, 15) is 4.79 Å². The zero-order valence-corrected chi connectivity index (χ0v) is 14.2. The fraction of sp³-hybridized carbons (Fsp3) is 0.588. The fourth-order valence-corrected chi connectivity index (χ4v) is 2.74. The maximum atomic E-state index is 12.7. The number of benzene rings is 1. The maximum Gasteiger partial charge on any atom is 0.252 e. The Kier molecular flexibility index (Phi) is 7.87. The third kappa shape index (κ3) is 5.27. The van der Waals surface area contributed by atoms with E-state index < -0.39 is 0 Å². The van der Waals surface area contributed by atoms with Gasteiger partial charge in [0.25, 0.3) is 5.91 Å². The van der Waals surface area contributed by atoms with Crippen molar-refractivity contribution < 1.29 is 9.53 Å².